The normalized spacial score (nSPS) is 17.1. The third-order valence-electron chi connectivity index (χ3n) is 2.19. The minimum Gasteiger partial charge on any atom is -0.387 e. The maximum Gasteiger partial charge on any atom is 0.0927 e. The molecule has 1 aromatic rings. The number of aromatic nitrogens is 1. The predicted octanol–water partition coefficient (Wildman–Crippen LogP) is 0.104. The second-order valence-corrected chi connectivity index (χ2v) is 3.12. The number of hydrogen-bond donors (Lipinski definition) is 2. The zero-order valence-electron chi connectivity index (χ0n) is 7.23. The second-order valence-electron chi connectivity index (χ2n) is 3.12. The van der Waals surface area contributed by atoms with E-state index in [1.807, 2.05) is 6.07 Å². The van der Waals surface area contributed by atoms with Crippen molar-refractivity contribution in [2.24, 2.45) is 5.73 Å². The van der Waals surface area contributed by atoms with Gasteiger partial charge in [0.2, 0.25) is 0 Å². The van der Waals surface area contributed by atoms with Gasteiger partial charge in [0.15, 0.2) is 0 Å². The molecule has 0 aliphatic carbocycles. The minimum absolute atomic E-state index is 0.224. The fraction of sp³-hybridized carbons (Fsp3) is 0.444. The van der Waals surface area contributed by atoms with Crippen molar-refractivity contribution in [1.29, 1.82) is 0 Å². The SMILES string of the molecule is NCC(O)c1cnc2c(c1)COC2. The average molecular weight is 180 g/mol. The van der Waals surface area contributed by atoms with E-state index in [1.165, 1.54) is 0 Å². The molecule has 2 rings (SSSR count). The highest BCUT2D eigenvalue weighted by Crippen LogP contribution is 2.20. The highest BCUT2D eigenvalue weighted by molar-refractivity contribution is 5.27. The Hall–Kier alpha value is -0.970. The largest absolute Gasteiger partial charge is 0.387 e. The van der Waals surface area contributed by atoms with Gasteiger partial charge in [0.05, 0.1) is 25.0 Å². The average Bonchev–Trinajstić information content (AvgIpc) is 2.63. The fourth-order valence-corrected chi connectivity index (χ4v) is 1.39. The van der Waals surface area contributed by atoms with Crippen molar-refractivity contribution in [2.75, 3.05) is 6.54 Å². The van der Waals surface area contributed by atoms with E-state index in [0.717, 1.165) is 16.8 Å². The van der Waals surface area contributed by atoms with Crippen LogP contribution in [0.5, 0.6) is 0 Å². The van der Waals surface area contributed by atoms with Gasteiger partial charge in [-0.2, -0.15) is 0 Å². The summed E-state index contributed by atoms with van der Waals surface area (Å²) in [6, 6.07) is 1.91. The standard InChI is InChI=1S/C9H12N2O2/c10-2-9(12)6-1-7-4-13-5-8(7)11-3-6/h1,3,9,12H,2,4-5,10H2. The number of hydrogen-bond acceptors (Lipinski definition) is 4. The Kier molecular flexibility index (Phi) is 2.26. The molecule has 0 saturated heterocycles. The summed E-state index contributed by atoms with van der Waals surface area (Å²) in [5.74, 6) is 0. The van der Waals surface area contributed by atoms with Crippen LogP contribution in [0.4, 0.5) is 0 Å². The van der Waals surface area contributed by atoms with Crippen LogP contribution in [0.25, 0.3) is 0 Å². The molecular weight excluding hydrogens is 168 g/mol. The van der Waals surface area contributed by atoms with Crippen molar-refractivity contribution >= 4 is 0 Å². The second kappa shape index (κ2) is 3.41. The summed E-state index contributed by atoms with van der Waals surface area (Å²) in [7, 11) is 0. The molecule has 0 fully saturated rings. The highest BCUT2D eigenvalue weighted by atomic mass is 16.5. The van der Waals surface area contributed by atoms with E-state index in [2.05, 4.69) is 4.98 Å². The predicted molar refractivity (Wildman–Crippen MR) is 46.7 cm³/mol. The number of aliphatic hydroxyl groups excluding tert-OH is 1. The first-order chi connectivity index (χ1) is 6.31. The molecule has 0 amide bonds. The Bertz CT molecular complexity index is 314. The Labute approximate surface area is 76.4 Å². The Morgan fingerprint density at radius 2 is 2.46 bits per heavy atom. The quantitative estimate of drug-likeness (QED) is 0.677. The number of nitrogens with zero attached hydrogens (tertiary/aromatic N) is 1. The van der Waals surface area contributed by atoms with Gasteiger partial charge in [0, 0.05) is 23.9 Å². The van der Waals surface area contributed by atoms with E-state index >= 15 is 0 Å². The van der Waals surface area contributed by atoms with Crippen LogP contribution in [0.15, 0.2) is 12.3 Å². The van der Waals surface area contributed by atoms with E-state index in [9.17, 15) is 5.11 Å². The molecule has 1 aromatic heterocycles. The van der Waals surface area contributed by atoms with Crippen LogP contribution in [-0.4, -0.2) is 16.6 Å². The van der Waals surface area contributed by atoms with Crippen LogP contribution in [0, 0.1) is 0 Å². The van der Waals surface area contributed by atoms with Gasteiger partial charge in [-0.1, -0.05) is 0 Å². The lowest BCUT2D eigenvalue weighted by atomic mass is 10.1. The Morgan fingerprint density at radius 1 is 1.62 bits per heavy atom. The number of ether oxygens (including phenoxy) is 1. The van der Waals surface area contributed by atoms with Gasteiger partial charge < -0.3 is 15.6 Å². The molecule has 1 atom stereocenters. The molecule has 0 bridgehead atoms. The lowest BCUT2D eigenvalue weighted by Crippen LogP contribution is -2.12. The summed E-state index contributed by atoms with van der Waals surface area (Å²) in [5, 5.41) is 9.45. The molecule has 1 aliphatic heterocycles. The topological polar surface area (TPSA) is 68.4 Å². The van der Waals surface area contributed by atoms with Gasteiger partial charge in [-0.05, 0) is 6.07 Å². The number of nitrogens with two attached hydrogens (primary N) is 1. The molecule has 13 heavy (non-hydrogen) atoms. The first-order valence-corrected chi connectivity index (χ1v) is 4.25. The molecule has 0 aromatic carbocycles. The summed E-state index contributed by atoms with van der Waals surface area (Å²) >= 11 is 0. The van der Waals surface area contributed by atoms with Crippen LogP contribution in [0.1, 0.15) is 22.9 Å². The fourth-order valence-electron chi connectivity index (χ4n) is 1.39. The van der Waals surface area contributed by atoms with Gasteiger partial charge in [0.25, 0.3) is 0 Å². The molecule has 0 saturated carbocycles. The van der Waals surface area contributed by atoms with Gasteiger partial charge in [-0.3, -0.25) is 4.98 Å². The van der Waals surface area contributed by atoms with E-state index in [0.29, 0.717) is 13.2 Å². The van der Waals surface area contributed by atoms with E-state index in [-0.39, 0.29) is 6.54 Å². The van der Waals surface area contributed by atoms with Crippen molar-refractivity contribution < 1.29 is 9.84 Å². The zero-order chi connectivity index (χ0) is 9.26. The van der Waals surface area contributed by atoms with Crippen LogP contribution < -0.4 is 5.73 Å². The molecule has 4 nitrogen and oxygen atoms in total. The summed E-state index contributed by atoms with van der Waals surface area (Å²) in [6.45, 7) is 1.39. The molecule has 3 N–H and O–H groups in total. The van der Waals surface area contributed by atoms with Crippen molar-refractivity contribution in [3.05, 3.63) is 29.1 Å². The minimum atomic E-state index is -0.613. The van der Waals surface area contributed by atoms with Gasteiger partial charge in [-0.25, -0.2) is 0 Å². The monoisotopic (exact) mass is 180 g/mol. The number of fused-ring (bicyclic) bond motifs is 1. The Morgan fingerprint density at radius 3 is 3.23 bits per heavy atom. The Balaban J connectivity index is 2.30. The van der Waals surface area contributed by atoms with Crippen molar-refractivity contribution in [1.82, 2.24) is 4.98 Å². The highest BCUT2D eigenvalue weighted by Gasteiger charge is 2.15. The first-order valence-electron chi connectivity index (χ1n) is 4.25. The van der Waals surface area contributed by atoms with E-state index in [4.69, 9.17) is 10.5 Å². The molecule has 1 unspecified atom stereocenters. The van der Waals surface area contributed by atoms with Gasteiger partial charge in [0.1, 0.15) is 0 Å². The third-order valence-corrected chi connectivity index (χ3v) is 2.19. The van der Waals surface area contributed by atoms with Crippen molar-refractivity contribution in [3.63, 3.8) is 0 Å². The lowest BCUT2D eigenvalue weighted by molar-refractivity contribution is 0.133. The zero-order valence-corrected chi connectivity index (χ0v) is 7.23. The molecule has 70 valence electrons. The number of pyridine rings is 1. The molecule has 4 heteroatoms. The van der Waals surface area contributed by atoms with Crippen LogP contribution in [-0.2, 0) is 18.0 Å². The van der Waals surface area contributed by atoms with Crippen molar-refractivity contribution in [2.45, 2.75) is 19.3 Å². The first kappa shape index (κ1) is 8.62. The number of aliphatic hydroxyl groups is 1. The maximum absolute atomic E-state index is 9.45. The third kappa shape index (κ3) is 1.56. The maximum atomic E-state index is 9.45. The van der Waals surface area contributed by atoms with Crippen LogP contribution in [0.2, 0.25) is 0 Å². The van der Waals surface area contributed by atoms with E-state index in [1.54, 1.807) is 6.20 Å². The lowest BCUT2D eigenvalue weighted by Gasteiger charge is -2.08. The number of rotatable bonds is 2. The molecule has 0 radical (unpaired) electrons. The summed E-state index contributed by atoms with van der Waals surface area (Å²) < 4.78 is 5.21. The smallest absolute Gasteiger partial charge is 0.0927 e. The van der Waals surface area contributed by atoms with Gasteiger partial charge in [-0.15, -0.1) is 0 Å². The molecular formula is C9H12N2O2. The summed E-state index contributed by atoms with van der Waals surface area (Å²) in [5.41, 5.74) is 8.14. The molecule has 2 heterocycles. The van der Waals surface area contributed by atoms with E-state index < -0.39 is 6.10 Å². The van der Waals surface area contributed by atoms with Crippen LogP contribution in [0.3, 0.4) is 0 Å². The summed E-state index contributed by atoms with van der Waals surface area (Å²) in [4.78, 5) is 4.19. The summed E-state index contributed by atoms with van der Waals surface area (Å²) in [6.07, 6.45) is 1.05. The molecule has 1 aliphatic rings. The molecule has 0 spiro atoms. The van der Waals surface area contributed by atoms with Crippen LogP contribution >= 0.6 is 0 Å². The van der Waals surface area contributed by atoms with Gasteiger partial charge >= 0.3 is 0 Å². The van der Waals surface area contributed by atoms with Crippen molar-refractivity contribution in [3.8, 4) is 0 Å².